The van der Waals surface area contributed by atoms with Gasteiger partial charge in [-0.25, -0.2) is 4.39 Å². The standard InChI is InChI=1S/C20H17F4NO2/c21-7-8-26-18-6-5-15(9-17(18)20(22,23)24)19-10-16(12-27-19)14-3-1-13(11-25)2-4-14/h1-6,9-10,12H,7-8,11,25H2. The van der Waals surface area contributed by atoms with E-state index >= 15 is 0 Å². The number of hydrogen-bond acceptors (Lipinski definition) is 3. The number of ether oxygens (including phenoxy) is 1. The highest BCUT2D eigenvalue weighted by atomic mass is 19.4. The van der Waals surface area contributed by atoms with E-state index in [0.717, 1.165) is 22.8 Å². The summed E-state index contributed by atoms with van der Waals surface area (Å²) in [5, 5.41) is 0. The van der Waals surface area contributed by atoms with Gasteiger partial charge in [0.05, 0.1) is 11.8 Å². The van der Waals surface area contributed by atoms with E-state index in [0.29, 0.717) is 6.54 Å². The zero-order valence-corrected chi connectivity index (χ0v) is 14.2. The summed E-state index contributed by atoms with van der Waals surface area (Å²) in [4.78, 5) is 0. The maximum atomic E-state index is 13.3. The Bertz CT molecular complexity index is 901. The van der Waals surface area contributed by atoms with Gasteiger partial charge in [0.1, 0.15) is 24.8 Å². The summed E-state index contributed by atoms with van der Waals surface area (Å²) < 4.78 is 62.5. The quantitative estimate of drug-likeness (QED) is 0.580. The second kappa shape index (κ2) is 7.84. The monoisotopic (exact) mass is 379 g/mol. The molecule has 2 N–H and O–H groups in total. The van der Waals surface area contributed by atoms with E-state index < -0.39 is 30.8 Å². The van der Waals surface area contributed by atoms with Crippen LogP contribution in [0.2, 0.25) is 0 Å². The number of furan rings is 1. The Morgan fingerprint density at radius 1 is 0.926 bits per heavy atom. The fraction of sp³-hybridized carbons (Fsp3) is 0.200. The highest BCUT2D eigenvalue weighted by Gasteiger charge is 2.35. The molecule has 27 heavy (non-hydrogen) atoms. The maximum absolute atomic E-state index is 13.3. The lowest BCUT2D eigenvalue weighted by Crippen LogP contribution is -2.10. The SMILES string of the molecule is NCc1ccc(-c2coc(-c3ccc(OCCF)c(C(F)(F)F)c3)c2)cc1. The predicted octanol–water partition coefficient (Wildman–Crippen LogP) is 5.44. The van der Waals surface area contributed by atoms with Gasteiger partial charge in [-0.05, 0) is 35.4 Å². The average molecular weight is 379 g/mol. The summed E-state index contributed by atoms with van der Waals surface area (Å²) in [6.45, 7) is -0.885. The van der Waals surface area contributed by atoms with Crippen LogP contribution < -0.4 is 10.5 Å². The van der Waals surface area contributed by atoms with E-state index in [2.05, 4.69) is 0 Å². The second-order valence-corrected chi connectivity index (χ2v) is 5.85. The molecule has 0 radical (unpaired) electrons. The van der Waals surface area contributed by atoms with Crippen molar-refractivity contribution in [2.45, 2.75) is 12.7 Å². The van der Waals surface area contributed by atoms with Crippen LogP contribution in [-0.2, 0) is 12.7 Å². The normalized spacial score (nSPS) is 11.6. The number of benzene rings is 2. The van der Waals surface area contributed by atoms with Gasteiger partial charge in [0.15, 0.2) is 0 Å². The number of halogens is 4. The molecule has 7 heteroatoms. The van der Waals surface area contributed by atoms with Gasteiger partial charge in [-0.15, -0.1) is 0 Å². The molecule has 2 aromatic carbocycles. The van der Waals surface area contributed by atoms with Gasteiger partial charge in [0.2, 0.25) is 0 Å². The maximum Gasteiger partial charge on any atom is 0.419 e. The molecule has 0 unspecified atom stereocenters. The number of alkyl halides is 4. The minimum absolute atomic E-state index is 0.250. The Hall–Kier alpha value is -2.80. The molecule has 0 saturated carbocycles. The van der Waals surface area contributed by atoms with E-state index in [9.17, 15) is 17.6 Å². The van der Waals surface area contributed by atoms with Gasteiger partial charge in [-0.3, -0.25) is 0 Å². The van der Waals surface area contributed by atoms with Crippen LogP contribution in [0, 0.1) is 0 Å². The van der Waals surface area contributed by atoms with Gasteiger partial charge in [-0.2, -0.15) is 13.2 Å². The second-order valence-electron chi connectivity index (χ2n) is 5.85. The Kier molecular flexibility index (Phi) is 5.51. The molecule has 142 valence electrons. The summed E-state index contributed by atoms with van der Waals surface area (Å²) in [6.07, 6.45) is -3.15. The van der Waals surface area contributed by atoms with Crippen LogP contribution in [-0.4, -0.2) is 13.3 Å². The third-order valence-electron chi connectivity index (χ3n) is 4.03. The first-order valence-corrected chi connectivity index (χ1v) is 8.20. The summed E-state index contributed by atoms with van der Waals surface area (Å²) in [7, 11) is 0. The van der Waals surface area contributed by atoms with Crippen LogP contribution >= 0.6 is 0 Å². The molecular weight excluding hydrogens is 362 g/mol. The van der Waals surface area contributed by atoms with Crippen molar-refractivity contribution in [3.63, 3.8) is 0 Å². The molecule has 0 atom stereocenters. The molecule has 0 fully saturated rings. The summed E-state index contributed by atoms with van der Waals surface area (Å²) in [5.41, 5.74) is 7.42. The topological polar surface area (TPSA) is 48.4 Å². The van der Waals surface area contributed by atoms with Crippen LogP contribution in [0.15, 0.2) is 59.2 Å². The van der Waals surface area contributed by atoms with E-state index in [4.69, 9.17) is 14.9 Å². The van der Waals surface area contributed by atoms with Gasteiger partial charge < -0.3 is 14.9 Å². The van der Waals surface area contributed by atoms with Gasteiger partial charge >= 0.3 is 6.18 Å². The average Bonchev–Trinajstić information content (AvgIpc) is 3.15. The van der Waals surface area contributed by atoms with Crippen molar-refractivity contribution in [1.29, 1.82) is 0 Å². The molecule has 1 aromatic heterocycles. The summed E-state index contributed by atoms with van der Waals surface area (Å²) in [6, 6.07) is 12.7. The molecule has 3 rings (SSSR count). The van der Waals surface area contributed by atoms with Gasteiger partial charge in [0.25, 0.3) is 0 Å². The smallest absolute Gasteiger partial charge is 0.419 e. The van der Waals surface area contributed by atoms with Crippen LogP contribution in [0.25, 0.3) is 22.5 Å². The fourth-order valence-corrected chi connectivity index (χ4v) is 2.65. The van der Waals surface area contributed by atoms with Crippen LogP contribution in [0.3, 0.4) is 0 Å². The molecule has 3 nitrogen and oxygen atoms in total. The molecule has 0 spiro atoms. The molecular formula is C20H17F4NO2. The lowest BCUT2D eigenvalue weighted by molar-refractivity contribution is -0.138. The van der Waals surface area contributed by atoms with Crippen LogP contribution in [0.1, 0.15) is 11.1 Å². The molecule has 0 aliphatic carbocycles. The number of rotatable bonds is 6. The minimum atomic E-state index is -4.63. The first-order valence-electron chi connectivity index (χ1n) is 8.20. The first-order chi connectivity index (χ1) is 12.9. The minimum Gasteiger partial charge on any atom is -0.490 e. The first kappa shape index (κ1) is 19.0. The van der Waals surface area contributed by atoms with Crippen molar-refractivity contribution >= 4 is 0 Å². The highest BCUT2D eigenvalue weighted by molar-refractivity contribution is 5.70. The van der Waals surface area contributed by atoms with Crippen molar-refractivity contribution in [1.82, 2.24) is 0 Å². The van der Waals surface area contributed by atoms with E-state index in [1.807, 2.05) is 24.3 Å². The van der Waals surface area contributed by atoms with Crippen molar-refractivity contribution in [2.75, 3.05) is 13.3 Å². The Morgan fingerprint density at radius 3 is 2.26 bits per heavy atom. The Morgan fingerprint density at radius 2 is 1.63 bits per heavy atom. The number of nitrogens with two attached hydrogens (primary N) is 1. The van der Waals surface area contributed by atoms with Crippen molar-refractivity contribution in [3.05, 3.63) is 65.9 Å². The van der Waals surface area contributed by atoms with Crippen LogP contribution in [0.5, 0.6) is 5.75 Å². The predicted molar refractivity (Wildman–Crippen MR) is 93.9 cm³/mol. The molecule has 3 aromatic rings. The van der Waals surface area contributed by atoms with Crippen molar-refractivity contribution in [2.24, 2.45) is 5.73 Å². The van der Waals surface area contributed by atoms with Gasteiger partial charge in [0, 0.05) is 17.7 Å². The highest BCUT2D eigenvalue weighted by Crippen LogP contribution is 2.39. The summed E-state index contributed by atoms with van der Waals surface area (Å²) >= 11 is 0. The fourth-order valence-electron chi connectivity index (χ4n) is 2.65. The van der Waals surface area contributed by atoms with E-state index in [1.54, 1.807) is 6.07 Å². The largest absolute Gasteiger partial charge is 0.490 e. The molecule has 1 heterocycles. The lowest BCUT2D eigenvalue weighted by atomic mass is 10.0. The van der Waals surface area contributed by atoms with Crippen LogP contribution in [0.4, 0.5) is 17.6 Å². The Balaban J connectivity index is 1.93. The third kappa shape index (κ3) is 4.31. The molecule has 0 amide bonds. The summed E-state index contributed by atoms with van der Waals surface area (Å²) in [5.74, 6) is -0.122. The molecule has 0 aliphatic rings. The van der Waals surface area contributed by atoms with E-state index in [-0.39, 0.29) is 11.3 Å². The number of hydrogen-bond donors (Lipinski definition) is 1. The van der Waals surface area contributed by atoms with Crippen molar-refractivity contribution in [3.8, 4) is 28.2 Å². The lowest BCUT2D eigenvalue weighted by Gasteiger charge is -2.14. The van der Waals surface area contributed by atoms with Crippen molar-refractivity contribution < 1.29 is 26.7 Å². The molecule has 0 bridgehead atoms. The third-order valence-corrected chi connectivity index (χ3v) is 4.03. The zero-order valence-electron chi connectivity index (χ0n) is 14.2. The molecule has 0 aliphatic heterocycles. The van der Waals surface area contributed by atoms with Gasteiger partial charge in [-0.1, -0.05) is 24.3 Å². The zero-order chi connectivity index (χ0) is 19.4. The Labute approximate surface area is 153 Å². The van der Waals surface area contributed by atoms with E-state index in [1.165, 1.54) is 18.4 Å². The molecule has 0 saturated heterocycles.